The number of aliphatic hydroxyl groups is 1. The van der Waals surface area contributed by atoms with Crippen LogP contribution < -0.4 is 5.32 Å². The highest BCUT2D eigenvalue weighted by molar-refractivity contribution is 5.79. The van der Waals surface area contributed by atoms with E-state index < -0.39 is 0 Å². The maximum atomic E-state index is 12.2. The van der Waals surface area contributed by atoms with Crippen LogP contribution in [0.3, 0.4) is 0 Å². The molecular formula is C18H27N5O2. The van der Waals surface area contributed by atoms with Gasteiger partial charge in [-0.25, -0.2) is 14.6 Å². The number of hydrogen-bond donors (Lipinski definition) is 2. The van der Waals surface area contributed by atoms with Gasteiger partial charge in [-0.2, -0.15) is 5.10 Å². The number of nitrogens with one attached hydrogen (secondary N) is 1. The Hall–Kier alpha value is -2.28. The van der Waals surface area contributed by atoms with Crippen LogP contribution in [0.1, 0.15) is 41.7 Å². The Kier molecular flexibility index (Phi) is 6.25. The molecule has 7 heteroatoms. The largest absolute Gasteiger partial charge is 0.396 e. The van der Waals surface area contributed by atoms with Gasteiger partial charge in [0.1, 0.15) is 0 Å². The number of aryl methyl sites for hydroxylation is 3. The van der Waals surface area contributed by atoms with Crippen molar-refractivity contribution >= 4 is 5.91 Å². The van der Waals surface area contributed by atoms with Crippen LogP contribution >= 0.6 is 0 Å². The molecule has 1 atom stereocenters. The summed E-state index contributed by atoms with van der Waals surface area (Å²) in [7, 11) is 0. The average molecular weight is 345 g/mol. The van der Waals surface area contributed by atoms with Gasteiger partial charge in [-0.3, -0.25) is 4.79 Å². The molecule has 2 N–H and O–H groups in total. The lowest BCUT2D eigenvalue weighted by atomic mass is 10.1. The van der Waals surface area contributed by atoms with Gasteiger partial charge in [0.25, 0.3) is 5.95 Å². The Morgan fingerprint density at radius 1 is 1.24 bits per heavy atom. The Balaban J connectivity index is 2.15. The first kappa shape index (κ1) is 19.1. The van der Waals surface area contributed by atoms with Gasteiger partial charge in [0, 0.05) is 35.8 Å². The molecule has 0 saturated heterocycles. The van der Waals surface area contributed by atoms with E-state index in [-0.39, 0.29) is 24.9 Å². The van der Waals surface area contributed by atoms with Crippen molar-refractivity contribution in [2.24, 2.45) is 5.92 Å². The van der Waals surface area contributed by atoms with Crippen molar-refractivity contribution in [2.45, 2.75) is 47.5 Å². The van der Waals surface area contributed by atoms with E-state index >= 15 is 0 Å². The summed E-state index contributed by atoms with van der Waals surface area (Å²) < 4.78 is 1.70. The Morgan fingerprint density at radius 2 is 1.88 bits per heavy atom. The quantitative estimate of drug-likeness (QED) is 0.795. The lowest BCUT2D eigenvalue weighted by molar-refractivity contribution is -0.120. The predicted molar refractivity (Wildman–Crippen MR) is 95.7 cm³/mol. The van der Waals surface area contributed by atoms with E-state index in [0.717, 1.165) is 28.3 Å². The molecule has 2 aromatic rings. The van der Waals surface area contributed by atoms with E-state index in [1.807, 2.05) is 40.7 Å². The smallest absolute Gasteiger partial charge is 0.251 e. The van der Waals surface area contributed by atoms with Crippen molar-refractivity contribution in [2.75, 3.05) is 13.2 Å². The summed E-state index contributed by atoms with van der Waals surface area (Å²) in [5, 5.41) is 16.4. The van der Waals surface area contributed by atoms with Gasteiger partial charge in [-0.1, -0.05) is 6.92 Å². The van der Waals surface area contributed by atoms with Gasteiger partial charge in [-0.15, -0.1) is 0 Å². The van der Waals surface area contributed by atoms with Crippen molar-refractivity contribution in [3.05, 3.63) is 34.4 Å². The third-order valence-electron chi connectivity index (χ3n) is 4.21. The van der Waals surface area contributed by atoms with Crippen LogP contribution in [0.2, 0.25) is 0 Å². The van der Waals surface area contributed by atoms with Crippen molar-refractivity contribution in [1.29, 1.82) is 0 Å². The summed E-state index contributed by atoms with van der Waals surface area (Å²) in [5.74, 6) is 0.737. The summed E-state index contributed by atoms with van der Waals surface area (Å²) in [6.07, 6.45) is 0.953. The molecule has 0 aliphatic rings. The molecule has 0 saturated carbocycles. The molecular weight excluding hydrogens is 318 g/mol. The second-order valence-electron chi connectivity index (χ2n) is 6.61. The van der Waals surface area contributed by atoms with Crippen molar-refractivity contribution < 1.29 is 9.90 Å². The molecule has 0 aromatic carbocycles. The second kappa shape index (κ2) is 8.20. The van der Waals surface area contributed by atoms with Crippen LogP contribution in [0, 0.1) is 33.6 Å². The first-order chi connectivity index (χ1) is 11.8. The molecule has 0 radical (unpaired) electrons. The van der Waals surface area contributed by atoms with E-state index in [0.29, 0.717) is 18.9 Å². The molecule has 0 spiro atoms. The number of amides is 1. The maximum Gasteiger partial charge on any atom is 0.251 e. The lowest BCUT2D eigenvalue weighted by Crippen LogP contribution is -2.30. The highest BCUT2D eigenvalue weighted by Crippen LogP contribution is 2.17. The van der Waals surface area contributed by atoms with E-state index in [9.17, 15) is 4.79 Å². The van der Waals surface area contributed by atoms with E-state index in [1.165, 1.54) is 0 Å². The molecule has 1 amide bonds. The molecule has 0 fully saturated rings. The van der Waals surface area contributed by atoms with Crippen LogP contribution in [0.15, 0.2) is 6.07 Å². The third kappa shape index (κ3) is 4.85. The summed E-state index contributed by atoms with van der Waals surface area (Å²) >= 11 is 0. The minimum Gasteiger partial charge on any atom is -0.396 e. The zero-order valence-corrected chi connectivity index (χ0v) is 15.6. The zero-order chi connectivity index (χ0) is 18.6. The highest BCUT2D eigenvalue weighted by Gasteiger charge is 2.17. The molecule has 2 aromatic heterocycles. The van der Waals surface area contributed by atoms with Crippen LogP contribution in [-0.4, -0.2) is 43.9 Å². The summed E-state index contributed by atoms with van der Waals surface area (Å²) in [5.41, 5.74) is 4.34. The van der Waals surface area contributed by atoms with Crippen molar-refractivity contribution in [3.63, 3.8) is 0 Å². The number of hydrogen-bond acceptors (Lipinski definition) is 5. The Morgan fingerprint density at radius 3 is 2.48 bits per heavy atom. The van der Waals surface area contributed by atoms with Gasteiger partial charge >= 0.3 is 0 Å². The molecule has 0 bridgehead atoms. The zero-order valence-electron chi connectivity index (χ0n) is 15.6. The van der Waals surface area contributed by atoms with Gasteiger partial charge in [0.2, 0.25) is 5.91 Å². The van der Waals surface area contributed by atoms with Gasteiger partial charge in [0.05, 0.1) is 12.1 Å². The maximum absolute atomic E-state index is 12.2. The van der Waals surface area contributed by atoms with E-state index in [2.05, 4.69) is 20.4 Å². The van der Waals surface area contributed by atoms with Crippen LogP contribution in [-0.2, 0) is 11.2 Å². The van der Waals surface area contributed by atoms with Gasteiger partial charge in [-0.05, 0) is 46.1 Å². The molecule has 0 aliphatic heterocycles. The van der Waals surface area contributed by atoms with Crippen LogP contribution in [0.5, 0.6) is 0 Å². The fourth-order valence-corrected chi connectivity index (χ4v) is 2.76. The number of nitrogens with zero attached hydrogens (tertiary/aromatic N) is 4. The number of rotatable bonds is 7. The van der Waals surface area contributed by atoms with Crippen molar-refractivity contribution in [3.8, 4) is 5.95 Å². The topological polar surface area (TPSA) is 92.9 Å². The third-order valence-corrected chi connectivity index (χ3v) is 4.21. The highest BCUT2D eigenvalue weighted by atomic mass is 16.3. The van der Waals surface area contributed by atoms with Gasteiger partial charge in [0.15, 0.2) is 0 Å². The summed E-state index contributed by atoms with van der Waals surface area (Å²) in [6.45, 7) is 10.4. The first-order valence-electron chi connectivity index (χ1n) is 8.57. The second-order valence-corrected chi connectivity index (χ2v) is 6.61. The van der Waals surface area contributed by atoms with Crippen molar-refractivity contribution in [1.82, 2.24) is 25.1 Å². The molecule has 7 nitrogen and oxygen atoms in total. The Labute approximate surface area is 148 Å². The monoisotopic (exact) mass is 345 g/mol. The molecule has 1 unspecified atom stereocenters. The van der Waals surface area contributed by atoms with Crippen LogP contribution in [0.4, 0.5) is 0 Å². The normalized spacial score (nSPS) is 12.2. The molecule has 25 heavy (non-hydrogen) atoms. The molecule has 0 aliphatic carbocycles. The average Bonchev–Trinajstić information content (AvgIpc) is 2.80. The Bertz CT molecular complexity index is 734. The minimum absolute atomic E-state index is 0.0446. The number of aromatic nitrogens is 4. The standard InChI is InChI=1S/C18H27N5O2/c1-11(6-7-24)10-19-17(25)9-16-14(4)22-23(15(16)5)18-20-12(2)8-13(3)21-18/h8,11,24H,6-7,9-10H2,1-5H3,(H,19,25). The number of carbonyl (C=O) groups is 1. The van der Waals surface area contributed by atoms with Gasteiger partial charge < -0.3 is 10.4 Å². The summed E-state index contributed by atoms with van der Waals surface area (Å²) in [6, 6.07) is 1.91. The SMILES string of the molecule is Cc1cc(C)nc(-n2nc(C)c(CC(=O)NCC(C)CCO)c2C)n1. The summed E-state index contributed by atoms with van der Waals surface area (Å²) in [4.78, 5) is 21.1. The lowest BCUT2D eigenvalue weighted by Gasteiger charge is -2.11. The fourth-order valence-electron chi connectivity index (χ4n) is 2.76. The molecule has 2 rings (SSSR count). The van der Waals surface area contributed by atoms with E-state index in [4.69, 9.17) is 5.11 Å². The predicted octanol–water partition coefficient (Wildman–Crippen LogP) is 1.57. The molecule has 2 heterocycles. The first-order valence-corrected chi connectivity index (χ1v) is 8.57. The molecule has 136 valence electrons. The van der Waals surface area contributed by atoms with Crippen LogP contribution in [0.25, 0.3) is 5.95 Å². The minimum atomic E-state index is -0.0446. The van der Waals surface area contributed by atoms with E-state index in [1.54, 1.807) is 4.68 Å². The number of aliphatic hydroxyl groups excluding tert-OH is 1. The number of carbonyl (C=O) groups excluding carboxylic acids is 1. The fraction of sp³-hybridized carbons (Fsp3) is 0.556.